The summed E-state index contributed by atoms with van der Waals surface area (Å²) in [7, 11) is 0. The van der Waals surface area contributed by atoms with Crippen molar-refractivity contribution in [1.82, 2.24) is 9.80 Å². The van der Waals surface area contributed by atoms with Crippen molar-refractivity contribution in [2.24, 2.45) is 0 Å². The van der Waals surface area contributed by atoms with Crippen LogP contribution in [0.1, 0.15) is 31.7 Å². The summed E-state index contributed by atoms with van der Waals surface area (Å²) in [6.45, 7) is 8.49. The smallest absolute Gasteiger partial charge is 0.0594 e. The van der Waals surface area contributed by atoms with Crippen molar-refractivity contribution < 1.29 is 4.74 Å². The molecule has 2 aliphatic rings. The van der Waals surface area contributed by atoms with Crippen molar-refractivity contribution in [3.05, 3.63) is 48.0 Å². The minimum Gasteiger partial charge on any atom is -0.379 e. The van der Waals surface area contributed by atoms with Gasteiger partial charge in [0.15, 0.2) is 0 Å². The lowest BCUT2D eigenvalue weighted by Crippen LogP contribution is -2.49. The van der Waals surface area contributed by atoms with Crippen LogP contribution < -0.4 is 0 Å². The Morgan fingerprint density at radius 3 is 2.70 bits per heavy atom. The van der Waals surface area contributed by atoms with Crippen molar-refractivity contribution in [2.75, 3.05) is 32.8 Å². The van der Waals surface area contributed by atoms with Gasteiger partial charge in [0, 0.05) is 38.3 Å². The lowest BCUT2D eigenvalue weighted by Gasteiger charge is -2.39. The Morgan fingerprint density at radius 2 is 2.00 bits per heavy atom. The van der Waals surface area contributed by atoms with E-state index in [1.54, 1.807) is 0 Å². The molecule has 0 saturated carbocycles. The van der Waals surface area contributed by atoms with Gasteiger partial charge in [-0.2, -0.15) is 0 Å². The standard InChI is InChI=1S/C20H30N2O/c1-18(16-21-12-14-23-15-13-21)22(20-10-6-3-7-11-20)17-19-8-4-2-5-9-19/h2,4-6,8-10,18,20H,3,7,11-17H2,1H3. The summed E-state index contributed by atoms with van der Waals surface area (Å²) in [6.07, 6.45) is 8.65. The lowest BCUT2D eigenvalue weighted by atomic mass is 9.99. The second kappa shape index (κ2) is 8.62. The Kier molecular flexibility index (Phi) is 6.26. The largest absolute Gasteiger partial charge is 0.379 e. The maximum absolute atomic E-state index is 5.49. The lowest BCUT2D eigenvalue weighted by molar-refractivity contribution is 0.0194. The molecule has 0 amide bonds. The van der Waals surface area contributed by atoms with Gasteiger partial charge in [0.25, 0.3) is 0 Å². The molecule has 126 valence electrons. The minimum atomic E-state index is 0.557. The molecule has 1 fully saturated rings. The zero-order valence-electron chi connectivity index (χ0n) is 14.4. The van der Waals surface area contributed by atoms with E-state index in [9.17, 15) is 0 Å². The number of nitrogens with zero attached hydrogens (tertiary/aromatic N) is 2. The van der Waals surface area contributed by atoms with Gasteiger partial charge < -0.3 is 4.74 Å². The van der Waals surface area contributed by atoms with E-state index in [2.05, 4.69) is 59.2 Å². The summed E-state index contributed by atoms with van der Waals surface area (Å²) in [5, 5.41) is 0. The van der Waals surface area contributed by atoms with Crippen molar-refractivity contribution in [3.63, 3.8) is 0 Å². The third kappa shape index (κ3) is 4.90. The van der Waals surface area contributed by atoms with E-state index < -0.39 is 0 Å². The van der Waals surface area contributed by atoms with Crippen LogP contribution in [0.3, 0.4) is 0 Å². The molecule has 1 aliphatic heterocycles. The topological polar surface area (TPSA) is 15.7 Å². The fourth-order valence-corrected chi connectivity index (χ4v) is 3.73. The van der Waals surface area contributed by atoms with E-state index in [4.69, 9.17) is 4.74 Å². The number of hydrogen-bond acceptors (Lipinski definition) is 3. The second-order valence-electron chi connectivity index (χ2n) is 6.85. The molecule has 1 heterocycles. The number of ether oxygens (including phenoxy) is 1. The number of allylic oxidation sites excluding steroid dienone is 1. The van der Waals surface area contributed by atoms with Crippen LogP contribution in [0.15, 0.2) is 42.5 Å². The highest BCUT2D eigenvalue weighted by molar-refractivity contribution is 5.15. The van der Waals surface area contributed by atoms with E-state index in [1.165, 1.54) is 24.8 Å². The molecule has 0 bridgehead atoms. The summed E-state index contributed by atoms with van der Waals surface area (Å²) >= 11 is 0. The predicted octanol–water partition coefficient (Wildman–Crippen LogP) is 3.32. The van der Waals surface area contributed by atoms with E-state index in [-0.39, 0.29) is 0 Å². The molecule has 0 aromatic heterocycles. The zero-order valence-corrected chi connectivity index (χ0v) is 14.4. The first kappa shape index (κ1) is 16.7. The fraction of sp³-hybridized carbons (Fsp3) is 0.600. The van der Waals surface area contributed by atoms with Crippen LogP contribution in [-0.4, -0.2) is 54.7 Å². The van der Waals surface area contributed by atoms with E-state index in [0.717, 1.165) is 39.4 Å². The molecule has 0 spiro atoms. The molecule has 0 N–H and O–H groups in total. The molecule has 1 aromatic carbocycles. The molecule has 3 rings (SSSR count). The molecule has 1 aliphatic carbocycles. The summed E-state index contributed by atoms with van der Waals surface area (Å²) in [4.78, 5) is 5.25. The average molecular weight is 314 g/mol. The van der Waals surface area contributed by atoms with Gasteiger partial charge >= 0.3 is 0 Å². The number of rotatable bonds is 6. The SMILES string of the molecule is CC(CN1CCOCC1)N(Cc1ccccc1)C1C=CCCC1. The number of hydrogen-bond donors (Lipinski definition) is 0. The molecular formula is C20H30N2O. The molecule has 23 heavy (non-hydrogen) atoms. The van der Waals surface area contributed by atoms with E-state index in [1.807, 2.05) is 0 Å². The Labute approximate surface area is 140 Å². The van der Waals surface area contributed by atoms with Crippen LogP contribution >= 0.6 is 0 Å². The molecule has 3 heteroatoms. The predicted molar refractivity (Wildman–Crippen MR) is 95.5 cm³/mol. The van der Waals surface area contributed by atoms with Gasteiger partial charge in [0.05, 0.1) is 13.2 Å². The van der Waals surface area contributed by atoms with Gasteiger partial charge in [-0.3, -0.25) is 9.80 Å². The van der Waals surface area contributed by atoms with E-state index >= 15 is 0 Å². The van der Waals surface area contributed by atoms with Crippen molar-refractivity contribution in [3.8, 4) is 0 Å². The van der Waals surface area contributed by atoms with Gasteiger partial charge in [-0.15, -0.1) is 0 Å². The Balaban J connectivity index is 1.68. The van der Waals surface area contributed by atoms with Crippen molar-refractivity contribution >= 4 is 0 Å². The van der Waals surface area contributed by atoms with Crippen LogP contribution in [0.4, 0.5) is 0 Å². The third-order valence-corrected chi connectivity index (χ3v) is 5.06. The Morgan fingerprint density at radius 1 is 1.22 bits per heavy atom. The van der Waals surface area contributed by atoms with Gasteiger partial charge in [-0.05, 0) is 31.7 Å². The van der Waals surface area contributed by atoms with Gasteiger partial charge in [-0.25, -0.2) is 0 Å². The maximum atomic E-state index is 5.49. The normalized spacial score (nSPS) is 24.0. The molecule has 2 atom stereocenters. The molecule has 1 saturated heterocycles. The first-order valence-corrected chi connectivity index (χ1v) is 9.09. The molecule has 0 radical (unpaired) electrons. The first-order chi connectivity index (χ1) is 11.3. The molecule has 2 unspecified atom stereocenters. The van der Waals surface area contributed by atoms with Crippen LogP contribution in [0.5, 0.6) is 0 Å². The highest BCUT2D eigenvalue weighted by Gasteiger charge is 2.25. The minimum absolute atomic E-state index is 0.557. The third-order valence-electron chi connectivity index (χ3n) is 5.06. The van der Waals surface area contributed by atoms with Crippen LogP contribution in [0.2, 0.25) is 0 Å². The Bertz CT molecular complexity index is 482. The number of benzene rings is 1. The van der Waals surface area contributed by atoms with Crippen LogP contribution in [0, 0.1) is 0 Å². The molecule has 1 aromatic rings. The zero-order chi connectivity index (χ0) is 15.9. The van der Waals surface area contributed by atoms with Crippen LogP contribution in [0.25, 0.3) is 0 Å². The quantitative estimate of drug-likeness (QED) is 0.749. The number of morpholine rings is 1. The summed E-state index contributed by atoms with van der Waals surface area (Å²) in [5.74, 6) is 0. The summed E-state index contributed by atoms with van der Waals surface area (Å²) < 4.78 is 5.49. The maximum Gasteiger partial charge on any atom is 0.0594 e. The average Bonchev–Trinajstić information content (AvgIpc) is 2.62. The monoisotopic (exact) mass is 314 g/mol. The fourth-order valence-electron chi connectivity index (χ4n) is 3.73. The first-order valence-electron chi connectivity index (χ1n) is 9.09. The highest BCUT2D eigenvalue weighted by Crippen LogP contribution is 2.22. The van der Waals surface area contributed by atoms with Crippen molar-refractivity contribution in [2.45, 2.75) is 44.8 Å². The van der Waals surface area contributed by atoms with Gasteiger partial charge in [0.2, 0.25) is 0 Å². The second-order valence-corrected chi connectivity index (χ2v) is 6.85. The van der Waals surface area contributed by atoms with Crippen LogP contribution in [-0.2, 0) is 11.3 Å². The summed E-state index contributed by atoms with van der Waals surface area (Å²) in [6, 6.07) is 12.0. The van der Waals surface area contributed by atoms with Gasteiger partial charge in [-0.1, -0.05) is 42.5 Å². The van der Waals surface area contributed by atoms with Crippen molar-refractivity contribution in [1.29, 1.82) is 0 Å². The van der Waals surface area contributed by atoms with Gasteiger partial charge in [0.1, 0.15) is 0 Å². The van der Waals surface area contributed by atoms with E-state index in [0.29, 0.717) is 12.1 Å². The summed E-state index contributed by atoms with van der Waals surface area (Å²) in [5.41, 5.74) is 1.42. The molecule has 3 nitrogen and oxygen atoms in total. The highest BCUT2D eigenvalue weighted by atomic mass is 16.5. The Hall–Kier alpha value is -1.16. The molecular weight excluding hydrogens is 284 g/mol.